The second-order valence-electron chi connectivity index (χ2n) is 12.1. The van der Waals surface area contributed by atoms with Gasteiger partial charge in [-0.15, -0.1) is 0 Å². The molecule has 0 radical (unpaired) electrons. The molecule has 0 spiro atoms. The third kappa shape index (κ3) is 9.61. The van der Waals surface area contributed by atoms with Gasteiger partial charge in [-0.2, -0.15) is 5.26 Å². The van der Waals surface area contributed by atoms with Crippen molar-refractivity contribution < 1.29 is 19.1 Å². The first-order valence-electron chi connectivity index (χ1n) is 13.7. The van der Waals surface area contributed by atoms with Gasteiger partial charge in [0.05, 0.1) is 11.5 Å². The molecule has 0 heterocycles. The summed E-state index contributed by atoms with van der Waals surface area (Å²) in [7, 11) is 0. The highest BCUT2D eigenvalue weighted by atomic mass is 16.6. The smallest absolute Gasteiger partial charge is 0.334 e. The fourth-order valence-electron chi connectivity index (χ4n) is 4.37. The van der Waals surface area contributed by atoms with Crippen LogP contribution >= 0.6 is 0 Å². The van der Waals surface area contributed by atoms with Crippen molar-refractivity contribution in [3.8, 4) is 6.07 Å². The predicted octanol–water partition coefficient (Wildman–Crippen LogP) is 8.08. The van der Waals surface area contributed by atoms with E-state index in [1.165, 1.54) is 0 Å². The molecule has 0 aromatic heterocycles. The molecule has 0 amide bonds. The topological polar surface area (TPSA) is 76.4 Å². The Labute approximate surface area is 244 Å². The van der Waals surface area contributed by atoms with E-state index in [0.717, 1.165) is 11.1 Å². The van der Waals surface area contributed by atoms with Gasteiger partial charge in [-0.1, -0.05) is 91.0 Å². The van der Waals surface area contributed by atoms with Gasteiger partial charge in [0, 0.05) is 24.0 Å². The molecule has 0 saturated heterocycles. The van der Waals surface area contributed by atoms with Crippen LogP contribution in [0.2, 0.25) is 0 Å². The van der Waals surface area contributed by atoms with Crippen LogP contribution in [0.4, 0.5) is 0 Å². The summed E-state index contributed by atoms with van der Waals surface area (Å²) in [6.07, 6.45) is 3.56. The van der Waals surface area contributed by atoms with Crippen LogP contribution in [-0.4, -0.2) is 23.1 Å². The molecule has 3 aromatic rings. The van der Waals surface area contributed by atoms with Crippen LogP contribution in [0.5, 0.6) is 0 Å². The van der Waals surface area contributed by atoms with Gasteiger partial charge < -0.3 is 9.47 Å². The van der Waals surface area contributed by atoms with Crippen LogP contribution in [0.1, 0.15) is 71.1 Å². The van der Waals surface area contributed by atoms with E-state index >= 15 is 0 Å². The first kappa shape index (κ1) is 31.1. The summed E-state index contributed by atoms with van der Waals surface area (Å²) < 4.78 is 11.6. The van der Waals surface area contributed by atoms with Gasteiger partial charge in [0.1, 0.15) is 11.2 Å². The minimum Gasteiger partial charge on any atom is -0.457 e. The summed E-state index contributed by atoms with van der Waals surface area (Å²) in [6, 6.07) is 30.7. The lowest BCUT2D eigenvalue weighted by atomic mass is 9.71. The van der Waals surface area contributed by atoms with Crippen molar-refractivity contribution in [1.82, 2.24) is 0 Å². The maximum atomic E-state index is 13.6. The first-order valence-corrected chi connectivity index (χ1v) is 13.7. The molecule has 0 fully saturated rings. The van der Waals surface area contributed by atoms with Crippen molar-refractivity contribution in [3.05, 3.63) is 119 Å². The molecule has 0 aliphatic heterocycles. The number of nitriles is 1. The largest absolute Gasteiger partial charge is 0.457 e. The Morgan fingerprint density at radius 1 is 0.634 bits per heavy atom. The van der Waals surface area contributed by atoms with E-state index in [9.17, 15) is 14.9 Å². The molecule has 3 rings (SSSR count). The second kappa shape index (κ2) is 13.3. The summed E-state index contributed by atoms with van der Waals surface area (Å²) in [4.78, 5) is 27.2. The minimum atomic E-state index is -1.28. The third-order valence-corrected chi connectivity index (χ3v) is 6.13. The van der Waals surface area contributed by atoms with Gasteiger partial charge >= 0.3 is 11.9 Å². The number of ether oxygens (including phenoxy) is 2. The molecular weight excluding hydrogens is 510 g/mol. The molecule has 0 aliphatic rings. The number of esters is 2. The van der Waals surface area contributed by atoms with Gasteiger partial charge in [-0.3, -0.25) is 0 Å². The van der Waals surface area contributed by atoms with Gasteiger partial charge in [0.2, 0.25) is 0 Å². The lowest BCUT2D eigenvalue weighted by Gasteiger charge is -2.31. The van der Waals surface area contributed by atoms with Crippen molar-refractivity contribution >= 4 is 24.1 Å². The van der Waals surface area contributed by atoms with Crippen LogP contribution in [0.25, 0.3) is 12.2 Å². The SMILES string of the molecule is CC(C)(C)OC(=O)/C(=C/c1ccccc1)CC(C#N)(C/C(=C\c1ccccc1)C(=O)OC(C)(C)C)c1ccccc1. The number of hydrogen-bond acceptors (Lipinski definition) is 5. The van der Waals surface area contributed by atoms with E-state index < -0.39 is 28.6 Å². The molecule has 5 heteroatoms. The van der Waals surface area contributed by atoms with Gasteiger partial charge in [-0.25, -0.2) is 9.59 Å². The Morgan fingerprint density at radius 3 is 1.29 bits per heavy atom. The number of carbonyl (C=O) groups is 2. The molecule has 5 nitrogen and oxygen atoms in total. The summed E-state index contributed by atoms with van der Waals surface area (Å²) >= 11 is 0. The lowest BCUT2D eigenvalue weighted by Crippen LogP contribution is -2.32. The average Bonchev–Trinajstić information content (AvgIpc) is 2.91. The number of benzene rings is 3. The third-order valence-electron chi connectivity index (χ3n) is 6.13. The fraction of sp³-hybridized carbons (Fsp3) is 0.306. The minimum absolute atomic E-state index is 0.0201. The van der Waals surface area contributed by atoms with Crippen LogP contribution < -0.4 is 0 Å². The normalized spacial score (nSPS) is 14.0. The molecule has 212 valence electrons. The van der Waals surface area contributed by atoms with E-state index in [1.54, 1.807) is 12.2 Å². The maximum Gasteiger partial charge on any atom is 0.334 e. The zero-order chi connectivity index (χ0) is 30.1. The quantitative estimate of drug-likeness (QED) is 0.199. The molecule has 0 aliphatic carbocycles. The summed E-state index contributed by atoms with van der Waals surface area (Å²) in [5, 5.41) is 10.9. The van der Waals surface area contributed by atoms with Crippen LogP contribution in [0.3, 0.4) is 0 Å². The van der Waals surface area contributed by atoms with Crippen molar-refractivity contribution in [3.63, 3.8) is 0 Å². The Hall–Kier alpha value is -4.43. The Balaban J connectivity index is 2.20. The number of rotatable bonds is 9. The Bertz CT molecular complexity index is 1330. The van der Waals surface area contributed by atoms with E-state index in [1.807, 2.05) is 133 Å². The highest BCUT2D eigenvalue weighted by Crippen LogP contribution is 2.39. The average molecular weight is 550 g/mol. The van der Waals surface area contributed by atoms with Crippen LogP contribution in [0.15, 0.2) is 102 Å². The lowest BCUT2D eigenvalue weighted by molar-refractivity contribution is -0.150. The summed E-state index contributed by atoms with van der Waals surface area (Å²) in [6.45, 7) is 10.9. The van der Waals surface area contributed by atoms with Crippen LogP contribution in [-0.2, 0) is 24.5 Å². The van der Waals surface area contributed by atoms with Crippen molar-refractivity contribution in [2.75, 3.05) is 0 Å². The van der Waals surface area contributed by atoms with Gasteiger partial charge in [-0.05, 0) is 70.4 Å². The zero-order valence-corrected chi connectivity index (χ0v) is 24.8. The van der Waals surface area contributed by atoms with Crippen molar-refractivity contribution in [2.45, 2.75) is 71.0 Å². The predicted molar refractivity (Wildman–Crippen MR) is 163 cm³/mol. The molecule has 0 saturated carbocycles. The van der Waals surface area contributed by atoms with Crippen molar-refractivity contribution in [1.29, 1.82) is 5.26 Å². The van der Waals surface area contributed by atoms with Gasteiger partial charge in [0.25, 0.3) is 0 Å². The van der Waals surface area contributed by atoms with E-state index in [4.69, 9.17) is 9.47 Å². The molecule has 41 heavy (non-hydrogen) atoms. The molecule has 0 atom stereocenters. The molecule has 0 N–H and O–H groups in total. The molecular formula is C36H39NO4. The fourth-order valence-corrected chi connectivity index (χ4v) is 4.37. The highest BCUT2D eigenvalue weighted by Gasteiger charge is 2.39. The van der Waals surface area contributed by atoms with Crippen LogP contribution in [0, 0.1) is 11.3 Å². The second-order valence-corrected chi connectivity index (χ2v) is 12.1. The van der Waals surface area contributed by atoms with Crippen molar-refractivity contribution in [2.24, 2.45) is 0 Å². The molecule has 3 aromatic carbocycles. The van der Waals surface area contributed by atoms with E-state index in [0.29, 0.717) is 16.7 Å². The highest BCUT2D eigenvalue weighted by molar-refractivity contribution is 5.96. The number of carbonyl (C=O) groups excluding carboxylic acids is 2. The van der Waals surface area contributed by atoms with E-state index in [2.05, 4.69) is 6.07 Å². The molecule has 0 bridgehead atoms. The summed E-state index contributed by atoms with van der Waals surface area (Å²) in [5.41, 5.74) is 0.220. The number of nitrogens with zero attached hydrogens (tertiary/aromatic N) is 1. The summed E-state index contributed by atoms with van der Waals surface area (Å²) in [5.74, 6) is -1.02. The Kier molecular flexibility index (Phi) is 10.1. The monoisotopic (exact) mass is 549 g/mol. The van der Waals surface area contributed by atoms with E-state index in [-0.39, 0.29) is 12.8 Å². The van der Waals surface area contributed by atoms with Gasteiger partial charge in [0.15, 0.2) is 0 Å². The standard InChI is InChI=1S/C36H39NO4/c1-34(2,3)40-32(38)29(22-27-16-10-7-11-17-27)24-36(26-37,31-20-14-9-15-21-31)25-30(33(39)41-35(4,5)6)23-28-18-12-8-13-19-28/h7-23H,24-25H2,1-6H3/b29-22+,30-23+. The number of hydrogen-bond donors (Lipinski definition) is 0. The zero-order valence-electron chi connectivity index (χ0n) is 24.8. The maximum absolute atomic E-state index is 13.6. The Morgan fingerprint density at radius 2 is 0.976 bits per heavy atom. The first-order chi connectivity index (χ1) is 19.3. The molecule has 0 unspecified atom stereocenters.